The fraction of sp³-hybridized carbons (Fsp3) is 0.556. The maximum Gasteiger partial charge on any atom is 0.0759 e. The molecule has 0 aliphatic rings. The number of rotatable bonds is 5. The van der Waals surface area contributed by atoms with E-state index in [9.17, 15) is 0 Å². The molecule has 0 aliphatic heterocycles. The molecule has 2 nitrogen and oxygen atoms in total. The largest absolute Gasteiger partial charge is 0.379 e. The van der Waals surface area contributed by atoms with E-state index in [-0.39, 0.29) is 6.04 Å². The molecule has 1 aromatic heterocycles. The van der Waals surface area contributed by atoms with Crippen molar-refractivity contribution < 1.29 is 4.74 Å². The number of ether oxygens (including phenoxy) is 1. The van der Waals surface area contributed by atoms with Crippen molar-refractivity contribution in [1.82, 2.24) is 0 Å². The second-order valence-corrected chi connectivity index (χ2v) is 6.71. The highest BCUT2D eigenvalue weighted by Crippen LogP contribution is 2.34. The molecule has 0 fully saturated rings. The Balaban J connectivity index is 2.51. The normalized spacial score (nSPS) is 13.1. The van der Waals surface area contributed by atoms with Gasteiger partial charge in [-0.25, -0.2) is 0 Å². The van der Waals surface area contributed by atoms with Gasteiger partial charge in [-0.2, -0.15) is 0 Å². The Labute approximate surface area is 105 Å². The van der Waals surface area contributed by atoms with Crippen LogP contribution < -0.4 is 5.73 Å². The van der Waals surface area contributed by atoms with Gasteiger partial charge in [0.1, 0.15) is 0 Å². The van der Waals surface area contributed by atoms with E-state index in [1.54, 1.807) is 11.3 Å². The van der Waals surface area contributed by atoms with Gasteiger partial charge in [0.2, 0.25) is 0 Å². The molecule has 1 rings (SSSR count). The van der Waals surface area contributed by atoms with Gasteiger partial charge in [0.05, 0.1) is 20.2 Å². The molecule has 0 saturated heterocycles. The van der Waals surface area contributed by atoms with Crippen LogP contribution in [0.3, 0.4) is 0 Å². The average molecular weight is 343 g/mol. The minimum absolute atomic E-state index is 0.0431. The number of hydrogen-bond acceptors (Lipinski definition) is 3. The summed E-state index contributed by atoms with van der Waals surface area (Å²) in [6.07, 6.45) is 1.03. The Morgan fingerprint density at radius 2 is 2.29 bits per heavy atom. The summed E-state index contributed by atoms with van der Waals surface area (Å²) in [5.41, 5.74) is 7.09. The second kappa shape index (κ2) is 6.23. The van der Waals surface area contributed by atoms with Crippen LogP contribution in [0.1, 0.15) is 24.9 Å². The lowest BCUT2D eigenvalue weighted by atomic mass is 10.2. The number of nitrogens with two attached hydrogens (primary N) is 1. The third kappa shape index (κ3) is 3.62. The van der Waals surface area contributed by atoms with Crippen LogP contribution in [0.4, 0.5) is 0 Å². The molecule has 0 amide bonds. The second-order valence-electron chi connectivity index (χ2n) is 2.96. The van der Waals surface area contributed by atoms with Crippen LogP contribution >= 0.6 is 43.2 Å². The van der Waals surface area contributed by atoms with Crippen LogP contribution in [0, 0.1) is 0 Å². The van der Waals surface area contributed by atoms with Crippen molar-refractivity contribution in [3.8, 4) is 0 Å². The van der Waals surface area contributed by atoms with Gasteiger partial charge in [-0.05, 0) is 49.9 Å². The fourth-order valence-electron chi connectivity index (χ4n) is 1.05. The quantitative estimate of drug-likeness (QED) is 0.828. The summed E-state index contributed by atoms with van der Waals surface area (Å²) < 4.78 is 7.58. The first-order chi connectivity index (χ1) is 6.65. The summed E-state index contributed by atoms with van der Waals surface area (Å²) in [6, 6.07) is 1.99. The molecule has 0 bridgehead atoms. The Hall–Kier alpha value is 0.580. The van der Waals surface area contributed by atoms with Crippen molar-refractivity contribution in [2.24, 2.45) is 5.73 Å². The van der Waals surface area contributed by atoms with Crippen LogP contribution in [0.2, 0.25) is 0 Å². The Morgan fingerprint density at radius 3 is 2.79 bits per heavy atom. The SMILES string of the molecule is CCCOCC(N)c1cc(Br)sc1Br. The molecule has 0 aliphatic carbocycles. The third-order valence-corrected chi connectivity index (χ3v) is 4.11. The van der Waals surface area contributed by atoms with E-state index in [0.717, 1.165) is 26.2 Å². The summed E-state index contributed by atoms with van der Waals surface area (Å²) in [4.78, 5) is 0. The van der Waals surface area contributed by atoms with Gasteiger partial charge in [0.25, 0.3) is 0 Å². The lowest BCUT2D eigenvalue weighted by molar-refractivity contribution is 0.121. The smallest absolute Gasteiger partial charge is 0.0759 e. The molecular formula is C9H13Br2NOS. The van der Waals surface area contributed by atoms with Gasteiger partial charge in [0, 0.05) is 6.61 Å². The zero-order valence-electron chi connectivity index (χ0n) is 7.93. The summed E-state index contributed by atoms with van der Waals surface area (Å²) >= 11 is 8.54. The first-order valence-corrected chi connectivity index (χ1v) is 6.83. The Bertz CT molecular complexity index is 290. The molecule has 80 valence electrons. The van der Waals surface area contributed by atoms with E-state index >= 15 is 0 Å². The van der Waals surface area contributed by atoms with E-state index in [1.807, 2.05) is 6.07 Å². The standard InChI is InChI=1S/C9H13Br2NOS/c1-2-3-13-5-7(12)6-4-8(10)14-9(6)11/h4,7H,2-3,5,12H2,1H3. The summed E-state index contributed by atoms with van der Waals surface area (Å²) in [7, 11) is 0. The summed E-state index contributed by atoms with van der Waals surface area (Å²) in [6.45, 7) is 3.44. The van der Waals surface area contributed by atoms with Gasteiger partial charge in [-0.3, -0.25) is 0 Å². The molecule has 2 N–H and O–H groups in total. The van der Waals surface area contributed by atoms with Gasteiger partial charge >= 0.3 is 0 Å². The molecule has 1 aromatic rings. The highest BCUT2D eigenvalue weighted by molar-refractivity contribution is 9.12. The molecule has 0 spiro atoms. The zero-order valence-corrected chi connectivity index (χ0v) is 11.9. The minimum Gasteiger partial charge on any atom is -0.379 e. The van der Waals surface area contributed by atoms with Crippen LogP contribution in [0.25, 0.3) is 0 Å². The maximum atomic E-state index is 5.98. The van der Waals surface area contributed by atoms with Crippen LogP contribution in [-0.2, 0) is 4.74 Å². The summed E-state index contributed by atoms with van der Waals surface area (Å²) in [5, 5.41) is 0. The van der Waals surface area contributed by atoms with Crippen LogP contribution in [0.15, 0.2) is 13.6 Å². The molecule has 0 radical (unpaired) electrons. The van der Waals surface area contributed by atoms with Crippen molar-refractivity contribution in [2.75, 3.05) is 13.2 Å². The number of thiophene rings is 1. The van der Waals surface area contributed by atoms with Crippen molar-refractivity contribution >= 4 is 43.2 Å². The molecule has 14 heavy (non-hydrogen) atoms. The van der Waals surface area contributed by atoms with Gasteiger partial charge in [-0.1, -0.05) is 6.92 Å². The van der Waals surface area contributed by atoms with Crippen molar-refractivity contribution in [3.05, 3.63) is 19.2 Å². The number of hydrogen-bond donors (Lipinski definition) is 1. The lowest BCUT2D eigenvalue weighted by Gasteiger charge is -2.10. The first-order valence-electron chi connectivity index (χ1n) is 4.43. The minimum atomic E-state index is -0.0431. The summed E-state index contributed by atoms with van der Waals surface area (Å²) in [5.74, 6) is 0. The van der Waals surface area contributed by atoms with Crippen LogP contribution in [-0.4, -0.2) is 13.2 Å². The van der Waals surface area contributed by atoms with E-state index in [1.165, 1.54) is 0 Å². The topological polar surface area (TPSA) is 35.2 Å². The van der Waals surface area contributed by atoms with Gasteiger partial charge in [-0.15, -0.1) is 11.3 Å². The molecule has 0 saturated carbocycles. The van der Waals surface area contributed by atoms with Crippen molar-refractivity contribution in [1.29, 1.82) is 0 Å². The molecule has 5 heteroatoms. The van der Waals surface area contributed by atoms with Gasteiger partial charge in [0.15, 0.2) is 0 Å². The molecule has 1 heterocycles. The lowest BCUT2D eigenvalue weighted by Crippen LogP contribution is -2.17. The van der Waals surface area contributed by atoms with E-state index in [4.69, 9.17) is 10.5 Å². The fourth-order valence-corrected chi connectivity index (χ4v) is 4.05. The highest BCUT2D eigenvalue weighted by atomic mass is 79.9. The first kappa shape index (κ1) is 12.6. The molecule has 0 aromatic carbocycles. The monoisotopic (exact) mass is 341 g/mol. The van der Waals surface area contributed by atoms with E-state index in [2.05, 4.69) is 38.8 Å². The molecular weight excluding hydrogens is 330 g/mol. The van der Waals surface area contributed by atoms with Crippen molar-refractivity contribution in [3.63, 3.8) is 0 Å². The predicted octanol–water partition coefficient (Wildman–Crippen LogP) is 3.70. The van der Waals surface area contributed by atoms with E-state index in [0.29, 0.717) is 6.61 Å². The molecule has 1 atom stereocenters. The average Bonchev–Trinajstić information content (AvgIpc) is 2.45. The maximum absolute atomic E-state index is 5.98. The Morgan fingerprint density at radius 1 is 1.57 bits per heavy atom. The Kier molecular flexibility index (Phi) is 5.62. The zero-order chi connectivity index (χ0) is 10.6. The van der Waals surface area contributed by atoms with E-state index < -0.39 is 0 Å². The van der Waals surface area contributed by atoms with Crippen molar-refractivity contribution in [2.45, 2.75) is 19.4 Å². The van der Waals surface area contributed by atoms with Crippen LogP contribution in [0.5, 0.6) is 0 Å². The third-order valence-electron chi connectivity index (χ3n) is 1.73. The van der Waals surface area contributed by atoms with Gasteiger partial charge < -0.3 is 10.5 Å². The molecule has 1 unspecified atom stereocenters. The predicted molar refractivity (Wildman–Crippen MR) is 67.8 cm³/mol. The highest BCUT2D eigenvalue weighted by Gasteiger charge is 2.13. The number of halogens is 2.